The molecule has 0 bridgehead atoms. The maximum Gasteiger partial charge on any atom is 0.155 e. The van der Waals surface area contributed by atoms with Crippen LogP contribution in [0.2, 0.25) is 5.02 Å². The lowest BCUT2D eigenvalue weighted by Gasteiger charge is -2.06. The molecule has 3 rings (SSSR count). The highest BCUT2D eigenvalue weighted by Gasteiger charge is 2.15. The number of benzene rings is 2. The molecule has 0 radical (unpaired) electrons. The highest BCUT2D eigenvalue weighted by Crippen LogP contribution is 2.29. The Morgan fingerprint density at radius 3 is 2.67 bits per heavy atom. The van der Waals surface area contributed by atoms with Crippen molar-refractivity contribution in [2.75, 3.05) is 5.73 Å². The molecule has 1 aromatic heterocycles. The van der Waals surface area contributed by atoms with Gasteiger partial charge in [-0.2, -0.15) is 4.68 Å². The van der Waals surface area contributed by atoms with Crippen molar-refractivity contribution in [2.45, 2.75) is 13.8 Å². The van der Waals surface area contributed by atoms with Crippen molar-refractivity contribution in [1.82, 2.24) is 15.0 Å². The third-order valence-corrected chi connectivity index (χ3v) is 3.64. The molecule has 0 saturated heterocycles. The second-order valence-corrected chi connectivity index (χ2v) is 5.47. The Hall–Kier alpha value is -2.33. The van der Waals surface area contributed by atoms with Gasteiger partial charge in [-0.25, -0.2) is 0 Å². The van der Waals surface area contributed by atoms with E-state index in [0.29, 0.717) is 16.5 Å². The van der Waals surface area contributed by atoms with Gasteiger partial charge in [0.25, 0.3) is 0 Å². The number of nitrogens with zero attached hydrogens (tertiary/aromatic N) is 3. The highest BCUT2D eigenvalue weighted by molar-refractivity contribution is 6.30. The van der Waals surface area contributed by atoms with E-state index in [1.807, 2.05) is 32.0 Å². The molecule has 1 heterocycles. The summed E-state index contributed by atoms with van der Waals surface area (Å²) in [6.07, 6.45) is 0. The van der Waals surface area contributed by atoms with Crippen molar-refractivity contribution in [3.8, 4) is 16.9 Å². The summed E-state index contributed by atoms with van der Waals surface area (Å²) >= 11 is 6.01. The van der Waals surface area contributed by atoms with E-state index in [2.05, 4.69) is 28.5 Å². The number of nitrogen functional groups attached to an aromatic ring is 1. The summed E-state index contributed by atoms with van der Waals surface area (Å²) < 4.78 is 1.60. The van der Waals surface area contributed by atoms with Crippen LogP contribution in [0.3, 0.4) is 0 Å². The van der Waals surface area contributed by atoms with E-state index in [4.69, 9.17) is 17.3 Å². The van der Waals surface area contributed by atoms with Gasteiger partial charge in [0, 0.05) is 10.6 Å². The number of hydrogen-bond acceptors (Lipinski definition) is 3. The van der Waals surface area contributed by atoms with Crippen LogP contribution in [0.1, 0.15) is 11.1 Å². The van der Waals surface area contributed by atoms with Gasteiger partial charge in [0.15, 0.2) is 5.82 Å². The van der Waals surface area contributed by atoms with E-state index in [0.717, 1.165) is 22.4 Å². The van der Waals surface area contributed by atoms with E-state index in [9.17, 15) is 0 Å². The van der Waals surface area contributed by atoms with Crippen LogP contribution in [0.4, 0.5) is 5.82 Å². The maximum atomic E-state index is 6.23. The van der Waals surface area contributed by atoms with Crippen molar-refractivity contribution < 1.29 is 0 Å². The highest BCUT2D eigenvalue weighted by atomic mass is 35.5. The Balaban J connectivity index is 2.13. The number of nitrogens with two attached hydrogens (primary N) is 1. The van der Waals surface area contributed by atoms with Crippen molar-refractivity contribution in [3.05, 3.63) is 58.6 Å². The Bertz CT molecular complexity index is 808. The largest absolute Gasteiger partial charge is 0.382 e. The van der Waals surface area contributed by atoms with Crippen LogP contribution in [-0.2, 0) is 0 Å². The van der Waals surface area contributed by atoms with Gasteiger partial charge in [-0.3, -0.25) is 0 Å². The lowest BCUT2D eigenvalue weighted by atomic mass is 10.0. The third-order valence-electron chi connectivity index (χ3n) is 3.41. The maximum absolute atomic E-state index is 6.23. The average molecular weight is 299 g/mol. The standard InChI is InChI=1S/C16H15ClN4/c1-10-6-7-11(2)14(8-10)15-16(18)21(20-19-15)13-5-3-4-12(17)9-13/h3-9H,18H2,1-2H3. The second kappa shape index (κ2) is 5.22. The summed E-state index contributed by atoms with van der Waals surface area (Å²) in [6, 6.07) is 13.6. The molecule has 21 heavy (non-hydrogen) atoms. The van der Waals surface area contributed by atoms with Crippen LogP contribution in [0.25, 0.3) is 16.9 Å². The predicted molar refractivity (Wildman–Crippen MR) is 85.7 cm³/mol. The van der Waals surface area contributed by atoms with Gasteiger partial charge in [-0.1, -0.05) is 40.6 Å². The lowest BCUT2D eigenvalue weighted by Crippen LogP contribution is -2.02. The molecule has 0 aliphatic rings. The van der Waals surface area contributed by atoms with Gasteiger partial charge < -0.3 is 5.73 Å². The van der Waals surface area contributed by atoms with E-state index in [-0.39, 0.29) is 0 Å². The number of aromatic nitrogens is 3. The zero-order valence-electron chi connectivity index (χ0n) is 11.8. The fourth-order valence-corrected chi connectivity index (χ4v) is 2.46. The monoisotopic (exact) mass is 298 g/mol. The molecule has 5 heteroatoms. The van der Waals surface area contributed by atoms with Crippen molar-refractivity contribution in [1.29, 1.82) is 0 Å². The molecule has 0 aliphatic carbocycles. The average Bonchev–Trinajstić information content (AvgIpc) is 2.83. The molecule has 0 amide bonds. The minimum absolute atomic E-state index is 0.506. The first-order valence-electron chi connectivity index (χ1n) is 6.61. The summed E-state index contributed by atoms with van der Waals surface area (Å²) in [6.45, 7) is 4.08. The van der Waals surface area contributed by atoms with Gasteiger partial charge >= 0.3 is 0 Å². The lowest BCUT2D eigenvalue weighted by molar-refractivity contribution is 0.810. The van der Waals surface area contributed by atoms with Crippen molar-refractivity contribution in [3.63, 3.8) is 0 Å². The van der Waals surface area contributed by atoms with Gasteiger partial charge in [0.1, 0.15) is 5.69 Å². The van der Waals surface area contributed by atoms with Gasteiger partial charge in [-0.05, 0) is 43.7 Å². The first-order chi connectivity index (χ1) is 10.1. The molecule has 0 fully saturated rings. The molecule has 2 N–H and O–H groups in total. The van der Waals surface area contributed by atoms with E-state index >= 15 is 0 Å². The molecule has 0 aliphatic heterocycles. The van der Waals surface area contributed by atoms with E-state index < -0.39 is 0 Å². The number of aryl methyl sites for hydroxylation is 2. The quantitative estimate of drug-likeness (QED) is 0.783. The van der Waals surface area contributed by atoms with Gasteiger partial charge in [-0.15, -0.1) is 5.10 Å². The Labute approximate surface area is 128 Å². The predicted octanol–water partition coefficient (Wildman–Crippen LogP) is 3.79. The molecule has 4 nitrogen and oxygen atoms in total. The Morgan fingerprint density at radius 1 is 1.10 bits per heavy atom. The Morgan fingerprint density at radius 2 is 1.90 bits per heavy atom. The van der Waals surface area contributed by atoms with Gasteiger partial charge in [0.2, 0.25) is 0 Å². The molecule has 0 saturated carbocycles. The number of halogens is 1. The molecule has 3 aromatic rings. The van der Waals surface area contributed by atoms with Crippen LogP contribution in [-0.4, -0.2) is 15.0 Å². The molecular formula is C16H15ClN4. The molecular weight excluding hydrogens is 284 g/mol. The number of anilines is 1. The van der Waals surface area contributed by atoms with E-state index in [1.165, 1.54) is 0 Å². The van der Waals surface area contributed by atoms with E-state index in [1.54, 1.807) is 10.7 Å². The second-order valence-electron chi connectivity index (χ2n) is 5.03. The van der Waals surface area contributed by atoms with Crippen LogP contribution < -0.4 is 5.73 Å². The smallest absolute Gasteiger partial charge is 0.155 e. The van der Waals surface area contributed by atoms with Crippen molar-refractivity contribution >= 4 is 17.4 Å². The fraction of sp³-hybridized carbons (Fsp3) is 0.125. The molecule has 0 unspecified atom stereocenters. The van der Waals surface area contributed by atoms with Crippen LogP contribution in [0.15, 0.2) is 42.5 Å². The normalized spacial score (nSPS) is 10.8. The van der Waals surface area contributed by atoms with Gasteiger partial charge in [0.05, 0.1) is 5.69 Å². The van der Waals surface area contributed by atoms with Crippen molar-refractivity contribution in [2.24, 2.45) is 0 Å². The summed E-state index contributed by atoms with van der Waals surface area (Å²) in [5, 5.41) is 9.03. The van der Waals surface area contributed by atoms with Crippen LogP contribution in [0, 0.1) is 13.8 Å². The number of hydrogen-bond donors (Lipinski definition) is 1. The minimum Gasteiger partial charge on any atom is -0.382 e. The Kier molecular flexibility index (Phi) is 3.39. The minimum atomic E-state index is 0.506. The molecule has 0 spiro atoms. The molecule has 106 valence electrons. The first kappa shape index (κ1) is 13.6. The van der Waals surface area contributed by atoms with Crippen LogP contribution >= 0.6 is 11.6 Å². The third kappa shape index (κ3) is 2.50. The molecule has 2 aromatic carbocycles. The SMILES string of the molecule is Cc1ccc(C)c(-c2nnn(-c3cccc(Cl)c3)c2N)c1. The van der Waals surface area contributed by atoms with Crippen LogP contribution in [0.5, 0.6) is 0 Å². The zero-order valence-corrected chi connectivity index (χ0v) is 12.6. The fourth-order valence-electron chi connectivity index (χ4n) is 2.27. The molecule has 0 atom stereocenters. The zero-order chi connectivity index (χ0) is 15.0. The summed E-state index contributed by atoms with van der Waals surface area (Å²) in [7, 11) is 0. The first-order valence-corrected chi connectivity index (χ1v) is 6.99. The summed E-state index contributed by atoms with van der Waals surface area (Å²) in [5.41, 5.74) is 11.0. The summed E-state index contributed by atoms with van der Waals surface area (Å²) in [5.74, 6) is 0.506. The topological polar surface area (TPSA) is 56.7 Å². The number of rotatable bonds is 2. The summed E-state index contributed by atoms with van der Waals surface area (Å²) in [4.78, 5) is 0.